The summed E-state index contributed by atoms with van der Waals surface area (Å²) in [7, 11) is -3.23. The van der Waals surface area contributed by atoms with E-state index in [1.165, 1.54) is 5.57 Å². The third kappa shape index (κ3) is 4.10. The summed E-state index contributed by atoms with van der Waals surface area (Å²) in [4.78, 5) is 2.85. The van der Waals surface area contributed by atoms with Crippen molar-refractivity contribution in [3.05, 3.63) is 41.5 Å². The zero-order valence-corrected chi connectivity index (χ0v) is 18.6. The molecule has 0 radical (unpaired) electrons. The molecule has 1 aromatic rings. The molecule has 0 aromatic heterocycles. The fraction of sp³-hybridized carbons (Fsp3) is 0.652. The molecular weight excluding hydrogens is 396 g/mol. The number of benzene rings is 1. The van der Waals surface area contributed by atoms with Crippen LogP contribution in [0.2, 0.25) is 0 Å². The van der Waals surface area contributed by atoms with Crippen molar-refractivity contribution in [3.8, 4) is 0 Å². The van der Waals surface area contributed by atoms with Crippen molar-refractivity contribution in [2.45, 2.75) is 74.3 Å². The van der Waals surface area contributed by atoms with Crippen LogP contribution in [0.3, 0.4) is 0 Å². The Hall–Kier alpha value is -1.25. The molecule has 30 heavy (non-hydrogen) atoms. The van der Waals surface area contributed by atoms with E-state index in [0.29, 0.717) is 36.0 Å². The third-order valence-corrected chi connectivity index (χ3v) is 9.36. The minimum Gasteiger partial charge on any atom is -0.324 e. The van der Waals surface area contributed by atoms with Crippen LogP contribution < -0.4 is 16.4 Å². The second-order valence-corrected chi connectivity index (χ2v) is 12.0. The number of nitrogens with zero attached hydrogens (tertiary/aromatic N) is 1. The van der Waals surface area contributed by atoms with E-state index >= 15 is 0 Å². The van der Waals surface area contributed by atoms with E-state index in [0.717, 1.165) is 44.2 Å². The summed E-state index contributed by atoms with van der Waals surface area (Å²) in [5.41, 5.74) is 8.76. The molecular formula is C23H34N4O2S. The molecule has 2 aliphatic carbocycles. The van der Waals surface area contributed by atoms with Crippen LogP contribution in [0.25, 0.3) is 0 Å². The lowest BCUT2D eigenvalue weighted by molar-refractivity contribution is 0.0622. The molecule has 1 saturated carbocycles. The van der Waals surface area contributed by atoms with Gasteiger partial charge in [-0.1, -0.05) is 29.8 Å². The summed E-state index contributed by atoms with van der Waals surface area (Å²) in [6.45, 7) is 4.36. The van der Waals surface area contributed by atoms with Crippen LogP contribution in [-0.2, 0) is 16.4 Å². The van der Waals surface area contributed by atoms with Gasteiger partial charge in [0.2, 0.25) is 0 Å². The number of nitrogens with one attached hydrogen (secondary N) is 2. The summed E-state index contributed by atoms with van der Waals surface area (Å²) in [5, 5.41) is 7.72. The molecule has 2 aliphatic heterocycles. The van der Waals surface area contributed by atoms with Crippen molar-refractivity contribution in [1.82, 2.24) is 15.5 Å². The van der Waals surface area contributed by atoms with Crippen molar-refractivity contribution in [3.63, 3.8) is 0 Å². The van der Waals surface area contributed by atoms with Gasteiger partial charge in [0.15, 0.2) is 9.84 Å². The monoisotopic (exact) mass is 430 g/mol. The zero-order valence-electron chi connectivity index (χ0n) is 17.8. The first kappa shape index (κ1) is 20.6. The van der Waals surface area contributed by atoms with Crippen molar-refractivity contribution >= 4 is 9.84 Å². The van der Waals surface area contributed by atoms with Crippen molar-refractivity contribution in [2.24, 2.45) is 11.7 Å². The first-order valence-corrected chi connectivity index (χ1v) is 13.0. The summed E-state index contributed by atoms with van der Waals surface area (Å²) in [6.07, 6.45) is 7.90. The maximum atomic E-state index is 12.8. The van der Waals surface area contributed by atoms with Crippen LogP contribution >= 0.6 is 0 Å². The molecule has 5 rings (SSSR count). The van der Waals surface area contributed by atoms with Crippen LogP contribution in [0.4, 0.5) is 0 Å². The van der Waals surface area contributed by atoms with Gasteiger partial charge in [0, 0.05) is 37.3 Å². The highest BCUT2D eigenvalue weighted by Gasteiger charge is 2.43. The minimum atomic E-state index is -3.23. The Morgan fingerprint density at radius 1 is 1.30 bits per heavy atom. The summed E-state index contributed by atoms with van der Waals surface area (Å²) >= 11 is 0. The van der Waals surface area contributed by atoms with Crippen molar-refractivity contribution in [2.75, 3.05) is 18.8 Å². The summed E-state index contributed by atoms with van der Waals surface area (Å²) in [6, 6.07) is 8.32. The SMILES string of the molecule is CC1=CC[C@@H]2N[C@H](N3CCS(=O)(=O)c4ccccc4C3)C[C@H](NCC3(N)CC3)[C@@H]2C1. The van der Waals surface area contributed by atoms with E-state index in [1.807, 2.05) is 18.2 Å². The zero-order chi connectivity index (χ0) is 20.9. The van der Waals surface area contributed by atoms with Crippen LogP contribution in [0.15, 0.2) is 40.8 Å². The number of sulfone groups is 1. The van der Waals surface area contributed by atoms with Crippen LogP contribution in [-0.4, -0.2) is 55.9 Å². The molecule has 7 heteroatoms. The maximum Gasteiger partial charge on any atom is 0.179 e. The number of hydrogen-bond acceptors (Lipinski definition) is 6. The van der Waals surface area contributed by atoms with Gasteiger partial charge in [-0.25, -0.2) is 8.42 Å². The van der Waals surface area contributed by atoms with E-state index in [9.17, 15) is 8.42 Å². The molecule has 0 unspecified atom stereocenters. The lowest BCUT2D eigenvalue weighted by Crippen LogP contribution is -2.63. The molecule has 164 valence electrons. The van der Waals surface area contributed by atoms with Crippen LogP contribution in [0.5, 0.6) is 0 Å². The Labute approximate surface area is 180 Å². The number of rotatable bonds is 4. The fourth-order valence-corrected chi connectivity index (χ4v) is 6.97. The molecule has 4 aliphatic rings. The van der Waals surface area contributed by atoms with Gasteiger partial charge >= 0.3 is 0 Å². The number of nitrogens with two attached hydrogens (primary N) is 1. The Morgan fingerprint density at radius 2 is 2.10 bits per heavy atom. The standard InChI is InChI=1S/C23H34N4O2S/c1-16-6-7-19-18(12-16)20(25-15-23(24)8-9-23)13-22(26-19)27-10-11-30(28,29)21-5-3-2-4-17(21)14-27/h2-6,18-20,22,25-26H,7-15,24H2,1H3/t18-,19+,20+,22-/m1/s1. The molecule has 2 fully saturated rings. The third-order valence-electron chi connectivity index (χ3n) is 7.57. The molecule has 1 aromatic carbocycles. The smallest absolute Gasteiger partial charge is 0.179 e. The van der Waals surface area contributed by atoms with Gasteiger partial charge in [0.1, 0.15) is 0 Å². The summed E-state index contributed by atoms with van der Waals surface area (Å²) in [5.74, 6) is 0.746. The van der Waals surface area contributed by atoms with E-state index in [4.69, 9.17) is 5.73 Å². The lowest BCUT2D eigenvalue weighted by Gasteiger charge is -2.48. The summed E-state index contributed by atoms with van der Waals surface area (Å²) < 4.78 is 25.6. The van der Waals surface area contributed by atoms with Crippen LogP contribution in [0.1, 0.15) is 44.6 Å². The van der Waals surface area contributed by atoms with Crippen molar-refractivity contribution < 1.29 is 8.42 Å². The highest BCUT2D eigenvalue weighted by molar-refractivity contribution is 7.91. The lowest BCUT2D eigenvalue weighted by atomic mass is 9.75. The Kier molecular flexibility index (Phi) is 5.30. The topological polar surface area (TPSA) is 87.5 Å². The van der Waals surface area contributed by atoms with Gasteiger partial charge in [-0.3, -0.25) is 10.2 Å². The van der Waals surface area contributed by atoms with E-state index in [2.05, 4.69) is 28.5 Å². The Morgan fingerprint density at radius 3 is 2.90 bits per heavy atom. The fourth-order valence-electron chi connectivity index (χ4n) is 5.46. The largest absolute Gasteiger partial charge is 0.324 e. The molecule has 2 heterocycles. The average molecular weight is 431 g/mol. The van der Waals surface area contributed by atoms with Crippen LogP contribution in [0, 0.1) is 5.92 Å². The number of hydrogen-bond donors (Lipinski definition) is 3. The second-order valence-electron chi connectivity index (χ2n) is 9.93. The van der Waals surface area contributed by atoms with Gasteiger partial charge in [0.25, 0.3) is 0 Å². The number of piperidine rings is 1. The Balaban J connectivity index is 1.37. The predicted molar refractivity (Wildman–Crippen MR) is 119 cm³/mol. The van der Waals surface area contributed by atoms with E-state index in [1.54, 1.807) is 6.07 Å². The molecule has 0 amide bonds. The maximum absolute atomic E-state index is 12.8. The van der Waals surface area contributed by atoms with Gasteiger partial charge in [0.05, 0.1) is 16.8 Å². The van der Waals surface area contributed by atoms with E-state index in [-0.39, 0.29) is 17.5 Å². The number of allylic oxidation sites excluding steroid dienone is 1. The highest BCUT2D eigenvalue weighted by atomic mass is 32.2. The predicted octanol–water partition coefficient (Wildman–Crippen LogP) is 1.77. The molecule has 0 spiro atoms. The normalized spacial score (nSPS) is 34.9. The Bertz CT molecular complexity index is 940. The van der Waals surface area contributed by atoms with Gasteiger partial charge < -0.3 is 11.1 Å². The second kappa shape index (κ2) is 7.71. The van der Waals surface area contributed by atoms with Gasteiger partial charge in [-0.2, -0.15) is 0 Å². The molecule has 0 bridgehead atoms. The molecule has 6 nitrogen and oxygen atoms in total. The highest BCUT2D eigenvalue weighted by Crippen LogP contribution is 2.36. The molecule has 4 N–H and O–H groups in total. The first-order valence-electron chi connectivity index (χ1n) is 11.3. The average Bonchev–Trinajstić information content (AvgIpc) is 3.48. The number of fused-ring (bicyclic) bond motifs is 2. The minimum absolute atomic E-state index is 0.00889. The van der Waals surface area contributed by atoms with Gasteiger partial charge in [-0.05, 0) is 56.6 Å². The van der Waals surface area contributed by atoms with Gasteiger partial charge in [-0.15, -0.1) is 0 Å². The first-order chi connectivity index (χ1) is 14.3. The van der Waals surface area contributed by atoms with Crippen molar-refractivity contribution in [1.29, 1.82) is 0 Å². The quantitative estimate of drug-likeness (QED) is 0.631. The van der Waals surface area contributed by atoms with E-state index < -0.39 is 9.84 Å². The molecule has 4 atom stereocenters. The molecule has 1 saturated heterocycles.